The molecule has 1 atom stereocenters. The largest absolute Gasteiger partial charge is 0.469 e. The minimum atomic E-state index is -0.720. The van der Waals surface area contributed by atoms with Crippen molar-refractivity contribution < 1.29 is 22.4 Å². The molecule has 1 amide bonds. The van der Waals surface area contributed by atoms with Crippen molar-refractivity contribution in [3.05, 3.63) is 47.9 Å². The van der Waals surface area contributed by atoms with Gasteiger partial charge in [0.25, 0.3) is 11.1 Å². The Morgan fingerprint density at radius 3 is 2.80 bits per heavy atom. The molecule has 0 aliphatic heterocycles. The molecule has 25 heavy (non-hydrogen) atoms. The number of hydrogen-bond acceptors (Lipinski definition) is 6. The van der Waals surface area contributed by atoms with Crippen molar-refractivity contribution >= 4 is 23.4 Å². The van der Waals surface area contributed by atoms with E-state index in [1.807, 2.05) is 0 Å². The monoisotopic (exact) mass is 365 g/mol. The summed E-state index contributed by atoms with van der Waals surface area (Å²) in [6.07, 6.45) is 1.51. The number of anilines is 1. The number of hydrogen-bond donors (Lipinski definition) is 1. The first-order valence-corrected chi connectivity index (χ1v) is 8.12. The Balaban J connectivity index is 1.67. The number of aryl methyl sites for hydroxylation is 1. The topological polar surface area (TPSA) is 81.2 Å². The van der Waals surface area contributed by atoms with Gasteiger partial charge in [-0.25, -0.2) is 8.78 Å². The molecule has 3 rings (SSSR count). The molecule has 0 bridgehead atoms. The molecule has 1 unspecified atom stereocenters. The van der Waals surface area contributed by atoms with Gasteiger partial charge in [0.2, 0.25) is 5.91 Å². The van der Waals surface area contributed by atoms with Gasteiger partial charge in [-0.05, 0) is 32.0 Å². The minimum Gasteiger partial charge on any atom is -0.469 e. The van der Waals surface area contributed by atoms with Crippen molar-refractivity contribution in [1.29, 1.82) is 0 Å². The number of amides is 1. The predicted octanol–water partition coefficient (Wildman–Crippen LogP) is 4.04. The number of halogens is 2. The van der Waals surface area contributed by atoms with Crippen LogP contribution in [0.3, 0.4) is 0 Å². The smallest absolute Gasteiger partial charge is 0.277 e. The minimum absolute atomic E-state index is 0.179. The van der Waals surface area contributed by atoms with E-state index in [1.54, 1.807) is 19.9 Å². The third-order valence-corrected chi connectivity index (χ3v) is 4.26. The van der Waals surface area contributed by atoms with Gasteiger partial charge in [-0.3, -0.25) is 4.79 Å². The molecule has 0 radical (unpaired) electrons. The van der Waals surface area contributed by atoms with Crippen molar-refractivity contribution in [3.63, 3.8) is 0 Å². The average molecular weight is 365 g/mol. The lowest BCUT2D eigenvalue weighted by molar-refractivity contribution is -0.115. The molecule has 130 valence electrons. The number of nitrogens with zero attached hydrogens (tertiary/aromatic N) is 2. The summed E-state index contributed by atoms with van der Waals surface area (Å²) in [5.74, 6) is -0.977. The van der Waals surface area contributed by atoms with Gasteiger partial charge < -0.3 is 14.2 Å². The molecular weight excluding hydrogens is 352 g/mol. The van der Waals surface area contributed by atoms with E-state index >= 15 is 0 Å². The van der Waals surface area contributed by atoms with Gasteiger partial charge in [0, 0.05) is 6.07 Å². The Labute approximate surface area is 145 Å². The molecule has 6 nitrogen and oxygen atoms in total. The van der Waals surface area contributed by atoms with Crippen molar-refractivity contribution in [3.8, 4) is 11.5 Å². The summed E-state index contributed by atoms with van der Waals surface area (Å²) < 4.78 is 37.4. The van der Waals surface area contributed by atoms with Gasteiger partial charge in [-0.15, -0.1) is 10.2 Å². The van der Waals surface area contributed by atoms with Crippen LogP contribution in [-0.2, 0) is 4.79 Å². The van der Waals surface area contributed by atoms with Gasteiger partial charge in [-0.1, -0.05) is 11.8 Å². The molecule has 2 aromatic heterocycles. The number of carbonyl (C=O) groups is 1. The molecule has 0 aliphatic rings. The number of carbonyl (C=O) groups excluding carboxylic acids is 1. The Bertz CT molecular complexity index is 910. The Morgan fingerprint density at radius 2 is 2.08 bits per heavy atom. The maximum Gasteiger partial charge on any atom is 0.277 e. The van der Waals surface area contributed by atoms with Gasteiger partial charge in [0.1, 0.15) is 17.4 Å². The van der Waals surface area contributed by atoms with Crippen LogP contribution >= 0.6 is 11.8 Å². The summed E-state index contributed by atoms with van der Waals surface area (Å²) in [5, 5.41) is 9.62. The highest BCUT2D eigenvalue weighted by atomic mass is 32.2. The Kier molecular flexibility index (Phi) is 4.84. The van der Waals surface area contributed by atoms with Crippen molar-refractivity contribution in [2.75, 3.05) is 5.32 Å². The van der Waals surface area contributed by atoms with Gasteiger partial charge in [0.15, 0.2) is 0 Å². The van der Waals surface area contributed by atoms with Crippen LogP contribution in [0.25, 0.3) is 11.5 Å². The lowest BCUT2D eigenvalue weighted by Crippen LogP contribution is -2.23. The lowest BCUT2D eigenvalue weighted by Gasteiger charge is -2.10. The second-order valence-corrected chi connectivity index (χ2v) is 6.43. The SMILES string of the molecule is Cc1occc1-c1nnc(SC(C)C(=O)Nc2cc(F)ccc2F)o1. The van der Waals surface area contributed by atoms with E-state index in [9.17, 15) is 13.6 Å². The first kappa shape index (κ1) is 17.2. The second-order valence-electron chi connectivity index (χ2n) is 5.14. The summed E-state index contributed by atoms with van der Waals surface area (Å²) in [4.78, 5) is 12.1. The zero-order valence-corrected chi connectivity index (χ0v) is 14.1. The molecule has 0 aliphatic carbocycles. The highest BCUT2D eigenvalue weighted by Crippen LogP contribution is 2.29. The standard InChI is InChI=1S/C16H13F2N3O3S/c1-8-11(5-6-23-8)15-20-21-16(24-15)25-9(2)14(22)19-13-7-10(17)3-4-12(13)18/h3-7,9H,1-2H3,(H,19,22). The summed E-state index contributed by atoms with van der Waals surface area (Å²) >= 11 is 1.01. The third kappa shape index (κ3) is 3.87. The fourth-order valence-corrected chi connectivity index (χ4v) is 2.69. The molecule has 2 heterocycles. The molecule has 0 spiro atoms. The van der Waals surface area contributed by atoms with Crippen LogP contribution in [-0.4, -0.2) is 21.4 Å². The summed E-state index contributed by atoms with van der Waals surface area (Å²) in [7, 11) is 0. The summed E-state index contributed by atoms with van der Waals surface area (Å²) in [6, 6.07) is 4.53. The van der Waals surface area contributed by atoms with Crippen molar-refractivity contribution in [2.24, 2.45) is 0 Å². The summed E-state index contributed by atoms with van der Waals surface area (Å²) in [5.41, 5.74) is 0.441. The van der Waals surface area contributed by atoms with E-state index in [1.165, 1.54) is 6.26 Å². The Morgan fingerprint density at radius 1 is 1.28 bits per heavy atom. The van der Waals surface area contributed by atoms with E-state index in [4.69, 9.17) is 8.83 Å². The zero-order chi connectivity index (χ0) is 18.0. The molecule has 0 fully saturated rings. The highest BCUT2D eigenvalue weighted by Gasteiger charge is 2.21. The van der Waals surface area contributed by atoms with Crippen LogP contribution in [0.5, 0.6) is 0 Å². The molecular formula is C16H13F2N3O3S. The first-order chi connectivity index (χ1) is 11.9. The maximum absolute atomic E-state index is 13.6. The molecule has 3 aromatic rings. The Hall–Kier alpha value is -2.68. The first-order valence-electron chi connectivity index (χ1n) is 7.24. The summed E-state index contributed by atoms with van der Waals surface area (Å²) in [6.45, 7) is 3.35. The van der Waals surface area contributed by atoms with Crippen LogP contribution in [0.2, 0.25) is 0 Å². The van der Waals surface area contributed by atoms with Crippen LogP contribution in [0.15, 0.2) is 44.6 Å². The van der Waals surface area contributed by atoms with Crippen LogP contribution in [0, 0.1) is 18.6 Å². The third-order valence-electron chi connectivity index (χ3n) is 3.33. The predicted molar refractivity (Wildman–Crippen MR) is 87.0 cm³/mol. The van der Waals surface area contributed by atoms with Crippen LogP contribution in [0.4, 0.5) is 14.5 Å². The highest BCUT2D eigenvalue weighted by molar-refractivity contribution is 8.00. The molecule has 9 heteroatoms. The van der Waals surface area contributed by atoms with E-state index in [-0.39, 0.29) is 16.8 Å². The van der Waals surface area contributed by atoms with E-state index in [2.05, 4.69) is 15.5 Å². The zero-order valence-electron chi connectivity index (χ0n) is 13.2. The van der Waals surface area contributed by atoms with Crippen LogP contribution < -0.4 is 5.32 Å². The van der Waals surface area contributed by atoms with Gasteiger partial charge in [0.05, 0.1) is 22.8 Å². The van der Waals surface area contributed by atoms with Gasteiger partial charge >= 0.3 is 0 Å². The average Bonchev–Trinajstić information content (AvgIpc) is 3.19. The number of nitrogens with one attached hydrogen (secondary N) is 1. The van der Waals surface area contributed by atoms with Gasteiger partial charge in [-0.2, -0.15) is 0 Å². The van der Waals surface area contributed by atoms with E-state index < -0.39 is 22.8 Å². The number of thioether (sulfide) groups is 1. The van der Waals surface area contributed by atoms with Crippen molar-refractivity contribution in [2.45, 2.75) is 24.3 Å². The molecule has 0 saturated heterocycles. The van der Waals surface area contributed by atoms with Crippen molar-refractivity contribution in [1.82, 2.24) is 10.2 Å². The maximum atomic E-state index is 13.6. The number of rotatable bonds is 5. The second kappa shape index (κ2) is 7.06. The number of furan rings is 1. The quantitative estimate of drug-likeness (QED) is 0.688. The lowest BCUT2D eigenvalue weighted by atomic mass is 10.3. The normalized spacial score (nSPS) is 12.2. The molecule has 1 aromatic carbocycles. The fourth-order valence-electron chi connectivity index (χ4n) is 2.01. The van der Waals surface area contributed by atoms with Crippen LogP contribution in [0.1, 0.15) is 12.7 Å². The van der Waals surface area contributed by atoms with E-state index in [0.29, 0.717) is 11.3 Å². The number of benzene rings is 1. The number of aromatic nitrogens is 2. The fraction of sp³-hybridized carbons (Fsp3) is 0.188. The molecule has 0 saturated carbocycles. The molecule has 1 N–H and O–H groups in total. The van der Waals surface area contributed by atoms with E-state index in [0.717, 1.165) is 30.0 Å².